The van der Waals surface area contributed by atoms with Gasteiger partial charge in [0.25, 0.3) is 0 Å². The summed E-state index contributed by atoms with van der Waals surface area (Å²) in [7, 11) is 1.63. The fourth-order valence-electron chi connectivity index (χ4n) is 3.65. The average Bonchev–Trinajstić information content (AvgIpc) is 2.67. The molecule has 0 radical (unpaired) electrons. The molecule has 6 nitrogen and oxygen atoms in total. The molecular weight excluding hydrogens is 351 g/mol. The summed E-state index contributed by atoms with van der Waals surface area (Å²) >= 11 is 0. The van der Waals surface area contributed by atoms with E-state index in [0.29, 0.717) is 19.8 Å². The second-order valence-corrected chi connectivity index (χ2v) is 6.84. The first-order valence-electron chi connectivity index (χ1n) is 8.86. The Kier molecular flexibility index (Phi) is 5.60. The van der Waals surface area contributed by atoms with E-state index in [4.69, 9.17) is 9.47 Å². The van der Waals surface area contributed by atoms with Gasteiger partial charge in [-0.25, -0.2) is 0 Å². The molecule has 7 heteroatoms. The Labute approximate surface area is 157 Å². The summed E-state index contributed by atoms with van der Waals surface area (Å²) in [5.41, 5.74) is 1.47. The summed E-state index contributed by atoms with van der Waals surface area (Å²) in [5.74, 6) is -0.0720. The van der Waals surface area contributed by atoms with Crippen LogP contribution in [-0.2, 0) is 10.2 Å². The molecule has 1 saturated heterocycles. The normalized spacial score (nSPS) is 16.0. The minimum atomic E-state index is -0.848. The Morgan fingerprint density at radius 2 is 2.04 bits per heavy atom. The van der Waals surface area contributed by atoms with Crippen molar-refractivity contribution in [2.75, 3.05) is 32.2 Å². The number of nitro benzene ring substituents is 1. The van der Waals surface area contributed by atoms with Crippen molar-refractivity contribution in [2.45, 2.75) is 25.2 Å². The van der Waals surface area contributed by atoms with Crippen LogP contribution >= 0.6 is 0 Å². The number of ether oxygens (including phenoxy) is 2. The van der Waals surface area contributed by atoms with Crippen LogP contribution in [0.3, 0.4) is 0 Å². The number of hydrogen-bond acceptors (Lipinski definition) is 5. The Morgan fingerprint density at radius 3 is 2.70 bits per heavy atom. The lowest BCUT2D eigenvalue weighted by atomic mass is 9.73. The number of hydrogen-bond donors (Lipinski definition) is 1. The molecule has 1 fully saturated rings. The van der Waals surface area contributed by atoms with Crippen LogP contribution in [0.25, 0.3) is 0 Å². The number of methoxy groups -OCH3 is 1. The predicted octanol–water partition coefficient (Wildman–Crippen LogP) is 4.21. The van der Waals surface area contributed by atoms with Crippen LogP contribution in [0.1, 0.15) is 24.0 Å². The SMILES string of the molecule is COc1ccc(C)cc1C1(CNc2cccc(F)c2[N+](=O)[O-])CCOCC1. The Hall–Kier alpha value is -2.67. The maximum atomic E-state index is 13.9. The first-order valence-corrected chi connectivity index (χ1v) is 8.86. The van der Waals surface area contributed by atoms with Gasteiger partial charge in [-0.15, -0.1) is 0 Å². The van der Waals surface area contributed by atoms with Gasteiger partial charge < -0.3 is 14.8 Å². The second-order valence-electron chi connectivity index (χ2n) is 6.84. The van der Waals surface area contributed by atoms with E-state index in [0.717, 1.165) is 35.8 Å². The number of rotatable bonds is 6. The highest BCUT2D eigenvalue weighted by Gasteiger charge is 2.37. The number of benzene rings is 2. The monoisotopic (exact) mass is 374 g/mol. The fourth-order valence-corrected chi connectivity index (χ4v) is 3.65. The standard InChI is InChI=1S/C20H23FN2O4/c1-14-6-7-18(26-2)15(12-14)20(8-10-27-11-9-20)13-22-17-5-3-4-16(21)19(17)23(24)25/h3-7,12,22H,8-11,13H2,1-2H3. The number of nitro groups is 1. The van der Waals surface area contributed by atoms with Crippen LogP contribution in [0.5, 0.6) is 5.75 Å². The highest BCUT2D eigenvalue weighted by molar-refractivity contribution is 5.62. The predicted molar refractivity (Wildman–Crippen MR) is 101 cm³/mol. The number of aryl methyl sites for hydroxylation is 1. The first-order chi connectivity index (χ1) is 13.0. The van der Waals surface area contributed by atoms with Crippen molar-refractivity contribution < 1.29 is 18.8 Å². The van der Waals surface area contributed by atoms with E-state index in [-0.39, 0.29) is 11.1 Å². The van der Waals surface area contributed by atoms with Crippen molar-refractivity contribution in [3.63, 3.8) is 0 Å². The summed E-state index contributed by atoms with van der Waals surface area (Å²) in [6.45, 7) is 3.61. The minimum Gasteiger partial charge on any atom is -0.496 e. The number of para-hydroxylation sites is 1. The third-order valence-corrected chi connectivity index (χ3v) is 5.16. The third kappa shape index (κ3) is 3.88. The summed E-state index contributed by atoms with van der Waals surface area (Å²) in [4.78, 5) is 10.6. The van der Waals surface area contributed by atoms with E-state index in [9.17, 15) is 14.5 Å². The number of halogens is 1. The molecule has 0 bridgehead atoms. The van der Waals surface area contributed by atoms with Gasteiger partial charge in [-0.2, -0.15) is 4.39 Å². The molecular formula is C20H23FN2O4. The van der Waals surface area contributed by atoms with Crippen LogP contribution in [-0.4, -0.2) is 31.8 Å². The van der Waals surface area contributed by atoms with Crippen molar-refractivity contribution in [3.05, 3.63) is 63.5 Å². The Morgan fingerprint density at radius 1 is 1.30 bits per heavy atom. The minimum absolute atomic E-state index is 0.178. The van der Waals surface area contributed by atoms with Gasteiger partial charge in [-0.3, -0.25) is 10.1 Å². The van der Waals surface area contributed by atoms with Crippen LogP contribution in [0.2, 0.25) is 0 Å². The van der Waals surface area contributed by atoms with E-state index in [2.05, 4.69) is 11.4 Å². The summed E-state index contributed by atoms with van der Waals surface area (Å²) in [6.07, 6.45) is 1.48. The third-order valence-electron chi connectivity index (χ3n) is 5.16. The zero-order valence-electron chi connectivity index (χ0n) is 15.5. The molecule has 3 rings (SSSR count). The fraction of sp³-hybridized carbons (Fsp3) is 0.400. The summed E-state index contributed by atoms with van der Waals surface area (Å²) in [6, 6.07) is 10.1. The highest BCUT2D eigenvalue weighted by Crippen LogP contribution is 2.41. The van der Waals surface area contributed by atoms with Crippen molar-refractivity contribution in [1.29, 1.82) is 0 Å². The van der Waals surface area contributed by atoms with Crippen LogP contribution in [0.4, 0.5) is 15.8 Å². The molecule has 144 valence electrons. The van der Waals surface area contributed by atoms with Crippen molar-refractivity contribution >= 4 is 11.4 Å². The van der Waals surface area contributed by atoms with E-state index >= 15 is 0 Å². The van der Waals surface area contributed by atoms with Gasteiger partial charge in [0.2, 0.25) is 5.82 Å². The maximum Gasteiger partial charge on any atom is 0.327 e. The highest BCUT2D eigenvalue weighted by atomic mass is 19.1. The van der Waals surface area contributed by atoms with Gasteiger partial charge in [-0.05, 0) is 38.0 Å². The molecule has 0 spiro atoms. The first kappa shape index (κ1) is 19.1. The summed E-state index contributed by atoms with van der Waals surface area (Å²) in [5, 5.41) is 14.4. The molecule has 2 aromatic rings. The van der Waals surface area contributed by atoms with Gasteiger partial charge in [0.05, 0.1) is 12.0 Å². The van der Waals surface area contributed by atoms with Crippen LogP contribution < -0.4 is 10.1 Å². The molecule has 2 aromatic carbocycles. The zero-order valence-corrected chi connectivity index (χ0v) is 15.5. The molecule has 1 heterocycles. The number of anilines is 1. The van der Waals surface area contributed by atoms with E-state index < -0.39 is 16.4 Å². The molecule has 1 aliphatic rings. The van der Waals surface area contributed by atoms with Gasteiger partial charge in [0, 0.05) is 30.7 Å². The molecule has 0 saturated carbocycles. The van der Waals surface area contributed by atoms with Crippen LogP contribution in [0.15, 0.2) is 36.4 Å². The maximum absolute atomic E-state index is 13.9. The quantitative estimate of drug-likeness (QED) is 0.606. The lowest BCUT2D eigenvalue weighted by molar-refractivity contribution is -0.386. The zero-order chi connectivity index (χ0) is 19.4. The largest absolute Gasteiger partial charge is 0.496 e. The topological polar surface area (TPSA) is 73.6 Å². The summed E-state index contributed by atoms with van der Waals surface area (Å²) < 4.78 is 25.1. The van der Waals surface area contributed by atoms with Crippen LogP contribution in [0, 0.1) is 22.9 Å². The van der Waals surface area contributed by atoms with Gasteiger partial charge >= 0.3 is 5.69 Å². The molecule has 0 aliphatic carbocycles. The molecule has 0 amide bonds. The average molecular weight is 374 g/mol. The molecule has 0 unspecified atom stereocenters. The van der Waals surface area contributed by atoms with Gasteiger partial charge in [0.1, 0.15) is 11.4 Å². The lowest BCUT2D eigenvalue weighted by Gasteiger charge is -2.39. The van der Waals surface area contributed by atoms with E-state index in [1.54, 1.807) is 7.11 Å². The smallest absolute Gasteiger partial charge is 0.327 e. The van der Waals surface area contributed by atoms with Crippen molar-refractivity contribution in [3.8, 4) is 5.75 Å². The van der Waals surface area contributed by atoms with Crippen molar-refractivity contribution in [1.82, 2.24) is 0 Å². The van der Waals surface area contributed by atoms with E-state index in [1.807, 2.05) is 19.1 Å². The van der Waals surface area contributed by atoms with Gasteiger partial charge in [0.15, 0.2) is 0 Å². The lowest BCUT2D eigenvalue weighted by Crippen LogP contribution is -2.40. The van der Waals surface area contributed by atoms with Gasteiger partial charge in [-0.1, -0.05) is 23.8 Å². The second kappa shape index (κ2) is 7.92. The van der Waals surface area contributed by atoms with E-state index in [1.165, 1.54) is 12.1 Å². The molecule has 1 N–H and O–H groups in total. The molecule has 0 atom stereocenters. The molecule has 27 heavy (non-hydrogen) atoms. The Bertz CT molecular complexity index is 835. The number of nitrogens with zero attached hydrogens (tertiary/aromatic N) is 1. The Balaban J connectivity index is 1.97. The number of nitrogens with one attached hydrogen (secondary N) is 1. The van der Waals surface area contributed by atoms with Crippen molar-refractivity contribution in [2.24, 2.45) is 0 Å². The molecule has 0 aromatic heterocycles. The molecule has 1 aliphatic heterocycles.